The molecular weight excluding hydrogens is 486 g/mol. The predicted molar refractivity (Wildman–Crippen MR) is 121 cm³/mol. The molecule has 154 valence electrons. The van der Waals surface area contributed by atoms with Crippen molar-refractivity contribution >= 4 is 29.9 Å². The Morgan fingerprint density at radius 2 is 2.00 bits per heavy atom. The summed E-state index contributed by atoms with van der Waals surface area (Å²) in [6.45, 7) is 2.24. The lowest BCUT2D eigenvalue weighted by Crippen LogP contribution is -2.37. The molecule has 2 heterocycles. The lowest BCUT2D eigenvalue weighted by Gasteiger charge is -2.12. The number of aromatic nitrogens is 3. The van der Waals surface area contributed by atoms with Crippen LogP contribution >= 0.6 is 24.0 Å². The fourth-order valence-electron chi connectivity index (χ4n) is 2.49. The lowest BCUT2D eigenvalue weighted by molar-refractivity contribution is 0.461. The third kappa shape index (κ3) is 7.68. The largest absolute Gasteiger partial charge is 0.439 e. The normalized spacial score (nSPS) is 10.9. The van der Waals surface area contributed by atoms with E-state index in [1.807, 2.05) is 23.0 Å². The summed E-state index contributed by atoms with van der Waals surface area (Å²) in [4.78, 5) is 8.49. The molecule has 2 aromatic heterocycles. The lowest BCUT2D eigenvalue weighted by atomic mass is 10.3. The van der Waals surface area contributed by atoms with Crippen LogP contribution in [0.1, 0.15) is 12.0 Å². The van der Waals surface area contributed by atoms with Gasteiger partial charge >= 0.3 is 0 Å². The highest BCUT2D eigenvalue weighted by atomic mass is 127. The van der Waals surface area contributed by atoms with E-state index in [0.29, 0.717) is 18.2 Å². The van der Waals surface area contributed by atoms with Crippen molar-refractivity contribution in [2.45, 2.75) is 19.5 Å². The first-order chi connectivity index (χ1) is 13.7. The molecule has 0 bridgehead atoms. The van der Waals surface area contributed by atoms with Gasteiger partial charge < -0.3 is 15.4 Å². The van der Waals surface area contributed by atoms with E-state index < -0.39 is 0 Å². The van der Waals surface area contributed by atoms with Crippen LogP contribution in [0, 0.1) is 5.82 Å². The molecule has 1 aromatic carbocycles. The van der Waals surface area contributed by atoms with Gasteiger partial charge in [-0.1, -0.05) is 6.07 Å². The Morgan fingerprint density at radius 1 is 1.17 bits per heavy atom. The zero-order valence-electron chi connectivity index (χ0n) is 16.1. The number of benzene rings is 1. The Morgan fingerprint density at radius 3 is 2.66 bits per heavy atom. The number of halogens is 2. The van der Waals surface area contributed by atoms with E-state index in [1.54, 1.807) is 37.6 Å². The summed E-state index contributed by atoms with van der Waals surface area (Å²) in [5.74, 6) is 1.42. The molecule has 29 heavy (non-hydrogen) atoms. The average Bonchev–Trinajstić information content (AvgIpc) is 3.24. The van der Waals surface area contributed by atoms with Crippen LogP contribution in [0.15, 0.2) is 66.0 Å². The van der Waals surface area contributed by atoms with Crippen LogP contribution in [0.25, 0.3) is 0 Å². The van der Waals surface area contributed by atoms with Crippen molar-refractivity contribution in [2.24, 2.45) is 4.99 Å². The molecule has 7 nitrogen and oxygen atoms in total. The number of nitrogens with zero attached hydrogens (tertiary/aromatic N) is 4. The smallest absolute Gasteiger partial charge is 0.219 e. The highest BCUT2D eigenvalue weighted by Gasteiger charge is 2.02. The maximum atomic E-state index is 12.9. The molecular formula is C20H24FIN6O. The van der Waals surface area contributed by atoms with Crippen molar-refractivity contribution in [2.75, 3.05) is 13.6 Å². The predicted octanol–water partition coefficient (Wildman–Crippen LogP) is 3.58. The number of hydrogen-bond donors (Lipinski definition) is 2. The van der Waals surface area contributed by atoms with Crippen molar-refractivity contribution in [3.63, 3.8) is 0 Å². The maximum absolute atomic E-state index is 12.9. The number of hydrogen-bond acceptors (Lipinski definition) is 4. The Balaban J connectivity index is 0.00000300. The van der Waals surface area contributed by atoms with Gasteiger partial charge in [0, 0.05) is 51.3 Å². The van der Waals surface area contributed by atoms with Gasteiger partial charge in [0.05, 0.1) is 0 Å². The summed E-state index contributed by atoms with van der Waals surface area (Å²) in [7, 11) is 1.74. The topological polar surface area (TPSA) is 76.4 Å². The van der Waals surface area contributed by atoms with Crippen molar-refractivity contribution < 1.29 is 9.13 Å². The van der Waals surface area contributed by atoms with Gasteiger partial charge in [-0.15, -0.1) is 24.0 Å². The number of aryl methyl sites for hydroxylation is 1. The second-order valence-electron chi connectivity index (χ2n) is 6.04. The number of ether oxygens (including phenoxy) is 1. The number of guanidine groups is 1. The average molecular weight is 510 g/mol. The third-order valence-corrected chi connectivity index (χ3v) is 3.93. The van der Waals surface area contributed by atoms with Crippen LogP contribution < -0.4 is 15.4 Å². The minimum Gasteiger partial charge on any atom is -0.439 e. The summed E-state index contributed by atoms with van der Waals surface area (Å²) in [6.07, 6.45) is 6.40. The van der Waals surface area contributed by atoms with Gasteiger partial charge in [0.25, 0.3) is 0 Å². The minimum absolute atomic E-state index is 0. The Labute approximate surface area is 186 Å². The van der Waals surface area contributed by atoms with E-state index >= 15 is 0 Å². The molecule has 0 atom stereocenters. The summed E-state index contributed by atoms with van der Waals surface area (Å²) in [5.41, 5.74) is 0.992. The summed E-state index contributed by atoms with van der Waals surface area (Å²) >= 11 is 0. The molecule has 0 saturated heterocycles. The zero-order chi connectivity index (χ0) is 19.6. The molecule has 3 rings (SSSR count). The van der Waals surface area contributed by atoms with E-state index in [1.165, 1.54) is 12.1 Å². The highest BCUT2D eigenvalue weighted by Crippen LogP contribution is 2.19. The molecule has 9 heteroatoms. The molecule has 0 saturated carbocycles. The molecule has 0 fully saturated rings. The van der Waals surface area contributed by atoms with Gasteiger partial charge in [0.1, 0.15) is 11.6 Å². The molecule has 0 spiro atoms. The molecule has 0 aliphatic heterocycles. The van der Waals surface area contributed by atoms with E-state index in [2.05, 4.69) is 25.7 Å². The van der Waals surface area contributed by atoms with Gasteiger partial charge in [-0.2, -0.15) is 5.10 Å². The van der Waals surface area contributed by atoms with Crippen LogP contribution in [-0.2, 0) is 13.1 Å². The summed E-state index contributed by atoms with van der Waals surface area (Å²) < 4.78 is 20.4. The number of aliphatic imine (C=N–C) groups is 1. The molecule has 3 aromatic rings. The van der Waals surface area contributed by atoms with Crippen molar-refractivity contribution in [1.29, 1.82) is 0 Å². The fourth-order valence-corrected chi connectivity index (χ4v) is 2.49. The molecule has 0 amide bonds. The quantitative estimate of drug-likeness (QED) is 0.210. The van der Waals surface area contributed by atoms with Gasteiger partial charge in [-0.25, -0.2) is 9.37 Å². The number of nitrogens with one attached hydrogen (secondary N) is 2. The fraction of sp³-hybridized carbons (Fsp3) is 0.250. The molecule has 2 N–H and O–H groups in total. The third-order valence-electron chi connectivity index (χ3n) is 3.93. The van der Waals surface area contributed by atoms with E-state index in [-0.39, 0.29) is 29.8 Å². The van der Waals surface area contributed by atoms with Crippen LogP contribution in [0.5, 0.6) is 11.6 Å². The number of pyridine rings is 1. The maximum Gasteiger partial charge on any atom is 0.219 e. The second kappa shape index (κ2) is 12.0. The van der Waals surface area contributed by atoms with Crippen molar-refractivity contribution in [3.05, 3.63) is 72.4 Å². The molecule has 0 aliphatic carbocycles. The van der Waals surface area contributed by atoms with Crippen LogP contribution in [0.3, 0.4) is 0 Å². The molecule has 0 aliphatic rings. The van der Waals surface area contributed by atoms with E-state index in [4.69, 9.17) is 4.74 Å². The van der Waals surface area contributed by atoms with Crippen LogP contribution in [0.4, 0.5) is 4.39 Å². The van der Waals surface area contributed by atoms with Gasteiger partial charge in [-0.05, 0) is 42.3 Å². The van der Waals surface area contributed by atoms with E-state index in [0.717, 1.165) is 31.0 Å². The Hall–Kier alpha value is -2.69. The van der Waals surface area contributed by atoms with Crippen LogP contribution in [0.2, 0.25) is 0 Å². The van der Waals surface area contributed by atoms with E-state index in [9.17, 15) is 4.39 Å². The first kappa shape index (κ1) is 22.6. The van der Waals surface area contributed by atoms with Crippen LogP contribution in [-0.4, -0.2) is 34.3 Å². The first-order valence-corrected chi connectivity index (χ1v) is 9.03. The van der Waals surface area contributed by atoms with Gasteiger partial charge in [-0.3, -0.25) is 9.67 Å². The van der Waals surface area contributed by atoms with Gasteiger partial charge in [0.2, 0.25) is 5.88 Å². The summed E-state index contributed by atoms with van der Waals surface area (Å²) in [6, 6.07) is 11.4. The molecule has 0 unspecified atom stereocenters. The molecule has 0 radical (unpaired) electrons. The SMILES string of the molecule is CN=C(NCCCn1cccn1)NCc1ccc(Oc2ccc(F)cc2)nc1.I. The minimum atomic E-state index is -0.301. The monoisotopic (exact) mass is 510 g/mol. The summed E-state index contributed by atoms with van der Waals surface area (Å²) in [5, 5.41) is 10.7. The number of rotatable bonds is 8. The van der Waals surface area contributed by atoms with Crippen molar-refractivity contribution in [3.8, 4) is 11.6 Å². The standard InChI is InChI=1S/C20H23FN6O.HI/c1-22-20(23-10-2-12-27-13-3-11-26-27)25-15-16-4-9-19(24-14-16)28-18-7-5-17(21)6-8-18;/h3-9,11,13-14H,2,10,12,15H2,1H3,(H2,22,23,25);1H. The second-order valence-corrected chi connectivity index (χ2v) is 6.04. The highest BCUT2D eigenvalue weighted by molar-refractivity contribution is 14.0. The first-order valence-electron chi connectivity index (χ1n) is 9.03. The Kier molecular flexibility index (Phi) is 9.35. The van der Waals surface area contributed by atoms with Gasteiger partial charge in [0.15, 0.2) is 5.96 Å². The zero-order valence-corrected chi connectivity index (χ0v) is 18.4. The van der Waals surface area contributed by atoms with Crippen molar-refractivity contribution in [1.82, 2.24) is 25.4 Å². The Bertz CT molecular complexity index is 869.